The molecule has 0 atom stereocenters. The highest BCUT2D eigenvalue weighted by atomic mass is 19.1. The molecular weight excluding hydrogens is 457 g/mol. The molecule has 1 aromatic heterocycles. The molecule has 0 saturated heterocycles. The summed E-state index contributed by atoms with van der Waals surface area (Å²) in [6, 6.07) is 19.6. The highest BCUT2D eigenvalue weighted by Gasteiger charge is 2.23. The van der Waals surface area contributed by atoms with E-state index in [2.05, 4.69) is 30.5 Å². The van der Waals surface area contributed by atoms with E-state index < -0.39 is 5.82 Å². The third-order valence-electron chi connectivity index (χ3n) is 6.07. The van der Waals surface area contributed by atoms with Crippen LogP contribution in [-0.4, -0.2) is 59.5 Å². The van der Waals surface area contributed by atoms with Gasteiger partial charge in [-0.1, -0.05) is 44.2 Å². The molecule has 2 aromatic carbocycles. The number of ether oxygens (including phenoxy) is 1. The largest absolute Gasteiger partial charge is 0.383 e. The van der Waals surface area contributed by atoms with Crippen molar-refractivity contribution >= 4 is 11.8 Å². The van der Waals surface area contributed by atoms with Gasteiger partial charge in [0.05, 0.1) is 13.2 Å². The van der Waals surface area contributed by atoms with Crippen molar-refractivity contribution in [2.75, 3.05) is 33.4 Å². The number of benzene rings is 2. The number of hydrogen-bond acceptors (Lipinski definition) is 3. The lowest BCUT2D eigenvalue weighted by Crippen LogP contribution is -2.44. The fourth-order valence-electron chi connectivity index (χ4n) is 3.92. The van der Waals surface area contributed by atoms with E-state index in [-0.39, 0.29) is 18.4 Å². The maximum absolute atomic E-state index is 13.5. The van der Waals surface area contributed by atoms with Gasteiger partial charge in [-0.2, -0.15) is 0 Å². The molecule has 0 aliphatic rings. The zero-order valence-corrected chi connectivity index (χ0v) is 21.4. The van der Waals surface area contributed by atoms with Crippen molar-refractivity contribution in [1.29, 1.82) is 0 Å². The van der Waals surface area contributed by atoms with Crippen molar-refractivity contribution in [2.24, 2.45) is 5.92 Å². The quantitative estimate of drug-likeness (QED) is 0.342. The van der Waals surface area contributed by atoms with E-state index in [1.165, 1.54) is 29.8 Å². The van der Waals surface area contributed by atoms with Crippen molar-refractivity contribution in [1.82, 2.24) is 14.4 Å². The van der Waals surface area contributed by atoms with Gasteiger partial charge in [0, 0.05) is 44.2 Å². The molecule has 3 aromatic rings. The molecule has 0 radical (unpaired) electrons. The van der Waals surface area contributed by atoms with E-state index in [4.69, 9.17) is 4.74 Å². The first-order chi connectivity index (χ1) is 17.4. The monoisotopic (exact) mass is 493 g/mol. The van der Waals surface area contributed by atoms with Gasteiger partial charge < -0.3 is 19.1 Å². The van der Waals surface area contributed by atoms with Gasteiger partial charge in [-0.3, -0.25) is 9.59 Å². The second kappa shape index (κ2) is 13.6. The van der Waals surface area contributed by atoms with Gasteiger partial charge in [0.15, 0.2) is 0 Å². The molecule has 1 heterocycles. The number of nitrogens with zero attached hydrogens (tertiary/aromatic N) is 3. The highest BCUT2D eigenvalue weighted by molar-refractivity contribution is 5.96. The molecular formula is C29H36FN3O3. The molecule has 0 aliphatic carbocycles. The Morgan fingerprint density at radius 1 is 0.944 bits per heavy atom. The number of carbonyl (C=O) groups excluding carboxylic acids is 2. The predicted octanol–water partition coefficient (Wildman–Crippen LogP) is 4.84. The second-order valence-corrected chi connectivity index (χ2v) is 9.34. The third-order valence-corrected chi connectivity index (χ3v) is 6.07. The van der Waals surface area contributed by atoms with Crippen LogP contribution in [0.3, 0.4) is 0 Å². The Balaban J connectivity index is 1.76. The minimum Gasteiger partial charge on any atom is -0.383 e. The molecule has 7 heteroatoms. The van der Waals surface area contributed by atoms with Gasteiger partial charge in [0.1, 0.15) is 12.4 Å². The molecule has 3 rings (SSSR count). The Labute approximate surface area is 213 Å². The molecule has 0 N–H and O–H groups in total. The Morgan fingerprint density at radius 3 is 2.33 bits per heavy atom. The van der Waals surface area contributed by atoms with E-state index in [1.807, 2.05) is 36.5 Å². The van der Waals surface area contributed by atoms with E-state index >= 15 is 0 Å². The first kappa shape index (κ1) is 27.1. The lowest BCUT2D eigenvalue weighted by molar-refractivity contribution is -0.133. The average Bonchev–Trinajstić information content (AvgIpc) is 3.31. The summed E-state index contributed by atoms with van der Waals surface area (Å²) in [5, 5.41) is 0. The predicted molar refractivity (Wildman–Crippen MR) is 139 cm³/mol. The van der Waals surface area contributed by atoms with Gasteiger partial charge in [-0.05, 0) is 54.3 Å². The fourth-order valence-corrected chi connectivity index (χ4v) is 3.92. The average molecular weight is 494 g/mol. The second-order valence-electron chi connectivity index (χ2n) is 9.34. The first-order valence-corrected chi connectivity index (χ1v) is 12.4. The molecule has 0 unspecified atom stereocenters. The number of rotatable bonds is 13. The van der Waals surface area contributed by atoms with Crippen molar-refractivity contribution in [3.05, 3.63) is 95.6 Å². The van der Waals surface area contributed by atoms with E-state index in [9.17, 15) is 14.0 Å². The Bertz CT molecular complexity index is 1100. The maximum atomic E-state index is 13.5. The van der Waals surface area contributed by atoms with Crippen LogP contribution in [0.15, 0.2) is 72.9 Å². The van der Waals surface area contributed by atoms with Crippen LogP contribution in [0.5, 0.6) is 0 Å². The number of hydrogen-bond donors (Lipinski definition) is 0. The molecule has 6 nitrogen and oxygen atoms in total. The third kappa shape index (κ3) is 8.05. The minimum absolute atomic E-state index is 0.0496. The smallest absolute Gasteiger partial charge is 0.254 e. The van der Waals surface area contributed by atoms with Crippen molar-refractivity contribution in [3.63, 3.8) is 0 Å². The molecule has 0 aliphatic heterocycles. The Kier molecular flexibility index (Phi) is 10.2. The standard InChI is InChI=1S/C29H36FN3O3/c1-23(2)15-17-33(29(35)25-11-13-26(30)14-12-25)22-28(34)32(18-19-36-3)21-27-10-7-16-31(27)20-24-8-5-4-6-9-24/h4-14,16,23H,15,17-22H2,1-3H3. The van der Waals surface area contributed by atoms with Crippen LogP contribution < -0.4 is 0 Å². The van der Waals surface area contributed by atoms with Crippen molar-refractivity contribution in [2.45, 2.75) is 33.4 Å². The molecule has 0 saturated carbocycles. The number of halogens is 1. The number of amides is 2. The molecule has 0 spiro atoms. The summed E-state index contributed by atoms with van der Waals surface area (Å²) in [5.74, 6) is -0.461. The minimum atomic E-state index is -0.402. The van der Waals surface area contributed by atoms with E-state index in [0.29, 0.717) is 44.3 Å². The summed E-state index contributed by atoms with van der Waals surface area (Å²) in [7, 11) is 1.60. The molecule has 192 valence electrons. The van der Waals surface area contributed by atoms with Crippen LogP contribution in [-0.2, 0) is 22.6 Å². The summed E-state index contributed by atoms with van der Waals surface area (Å²) in [5.41, 5.74) is 2.55. The molecule has 0 fully saturated rings. The van der Waals surface area contributed by atoms with Crippen LogP contribution in [0.25, 0.3) is 0 Å². The zero-order chi connectivity index (χ0) is 25.9. The summed E-state index contributed by atoms with van der Waals surface area (Å²) in [6.45, 7) is 6.47. The van der Waals surface area contributed by atoms with Gasteiger partial charge in [-0.15, -0.1) is 0 Å². The summed E-state index contributed by atoms with van der Waals surface area (Å²) >= 11 is 0. The molecule has 36 heavy (non-hydrogen) atoms. The van der Waals surface area contributed by atoms with Gasteiger partial charge >= 0.3 is 0 Å². The zero-order valence-electron chi connectivity index (χ0n) is 21.4. The summed E-state index contributed by atoms with van der Waals surface area (Å²) in [4.78, 5) is 30.0. The SMILES string of the molecule is COCCN(Cc1cccn1Cc1ccccc1)C(=O)CN(CCC(C)C)C(=O)c1ccc(F)cc1. The number of aromatic nitrogens is 1. The lowest BCUT2D eigenvalue weighted by atomic mass is 10.1. The van der Waals surface area contributed by atoms with Gasteiger partial charge in [0.2, 0.25) is 5.91 Å². The van der Waals surface area contributed by atoms with Gasteiger partial charge in [-0.25, -0.2) is 4.39 Å². The Hall–Kier alpha value is -3.45. The summed E-state index contributed by atoms with van der Waals surface area (Å²) in [6.07, 6.45) is 2.77. The van der Waals surface area contributed by atoms with Crippen LogP contribution in [0.2, 0.25) is 0 Å². The number of methoxy groups -OCH3 is 1. The highest BCUT2D eigenvalue weighted by Crippen LogP contribution is 2.14. The van der Waals surface area contributed by atoms with Crippen LogP contribution in [0.1, 0.15) is 41.9 Å². The normalized spacial score (nSPS) is 11.0. The Morgan fingerprint density at radius 2 is 1.67 bits per heavy atom. The van der Waals surface area contributed by atoms with Crippen LogP contribution >= 0.6 is 0 Å². The van der Waals surface area contributed by atoms with E-state index in [0.717, 1.165) is 12.1 Å². The van der Waals surface area contributed by atoms with Crippen molar-refractivity contribution in [3.8, 4) is 0 Å². The first-order valence-electron chi connectivity index (χ1n) is 12.4. The van der Waals surface area contributed by atoms with Crippen LogP contribution in [0.4, 0.5) is 4.39 Å². The maximum Gasteiger partial charge on any atom is 0.254 e. The van der Waals surface area contributed by atoms with Crippen molar-refractivity contribution < 1.29 is 18.7 Å². The molecule has 0 bridgehead atoms. The topological polar surface area (TPSA) is 54.8 Å². The summed E-state index contributed by atoms with van der Waals surface area (Å²) < 4.78 is 20.8. The van der Waals surface area contributed by atoms with Gasteiger partial charge in [0.25, 0.3) is 5.91 Å². The molecule has 2 amide bonds. The number of carbonyl (C=O) groups is 2. The fraction of sp³-hybridized carbons (Fsp3) is 0.379. The van der Waals surface area contributed by atoms with Crippen LogP contribution in [0, 0.1) is 11.7 Å². The van der Waals surface area contributed by atoms with E-state index in [1.54, 1.807) is 16.9 Å². The lowest BCUT2D eigenvalue weighted by Gasteiger charge is -2.28.